The number of carbonyl (C=O) groups excluding carboxylic acids is 1. The van der Waals surface area contributed by atoms with Gasteiger partial charge in [-0.3, -0.25) is 4.79 Å². The van der Waals surface area contributed by atoms with E-state index in [1.807, 2.05) is 0 Å². The molecule has 1 aliphatic heterocycles. The molecule has 0 spiro atoms. The Kier molecular flexibility index (Phi) is 6.35. The lowest BCUT2D eigenvalue weighted by molar-refractivity contribution is -0.137. The molecule has 1 aromatic carbocycles. The minimum Gasteiger partial charge on any atom is -0.488 e. The molecule has 9 heteroatoms. The van der Waals surface area contributed by atoms with Crippen LogP contribution < -0.4 is 4.74 Å². The van der Waals surface area contributed by atoms with E-state index in [0.29, 0.717) is 24.9 Å². The van der Waals surface area contributed by atoms with E-state index >= 15 is 0 Å². The zero-order chi connectivity index (χ0) is 18.4. The molecule has 0 aliphatic carbocycles. The minimum atomic E-state index is -0.644. The number of benzene rings is 1. The zero-order valence-electron chi connectivity index (χ0n) is 13.8. The molecule has 0 bridgehead atoms. The minimum absolute atomic E-state index is 0.0269. The second-order valence-corrected chi connectivity index (χ2v) is 6.48. The Morgan fingerprint density at radius 3 is 2.96 bits per heavy atom. The number of amides is 1. The van der Waals surface area contributed by atoms with E-state index in [1.165, 1.54) is 11.8 Å². The zero-order valence-corrected chi connectivity index (χ0v) is 14.6. The van der Waals surface area contributed by atoms with Crippen LogP contribution in [0.1, 0.15) is 0 Å². The second-order valence-electron chi connectivity index (χ2n) is 5.54. The maximum atomic E-state index is 13.6. The smallest absolute Gasteiger partial charge is 0.233 e. The molecule has 1 amide bonds. The Bertz CT molecular complexity index is 751. The molecule has 1 aromatic heterocycles. The summed E-state index contributed by atoms with van der Waals surface area (Å²) >= 11 is 1.26. The largest absolute Gasteiger partial charge is 0.488 e. The van der Waals surface area contributed by atoms with Crippen molar-refractivity contribution >= 4 is 17.7 Å². The predicted molar refractivity (Wildman–Crippen MR) is 90.9 cm³/mol. The van der Waals surface area contributed by atoms with E-state index in [2.05, 4.69) is 9.97 Å². The SMILES string of the molecule is O=C(CSc1ncccn1)N1CCOC(COc2cc(F)ccc2F)C1. The topological polar surface area (TPSA) is 64.6 Å². The predicted octanol–water partition coefficient (Wildman–Crippen LogP) is 2.15. The normalized spacial score (nSPS) is 17.2. The highest BCUT2D eigenvalue weighted by molar-refractivity contribution is 7.99. The average molecular weight is 381 g/mol. The van der Waals surface area contributed by atoms with E-state index in [9.17, 15) is 13.6 Å². The summed E-state index contributed by atoms with van der Waals surface area (Å²) in [5.74, 6) is -1.24. The van der Waals surface area contributed by atoms with Crippen LogP contribution in [0.25, 0.3) is 0 Å². The van der Waals surface area contributed by atoms with Crippen molar-refractivity contribution in [1.82, 2.24) is 14.9 Å². The molecule has 26 heavy (non-hydrogen) atoms. The van der Waals surface area contributed by atoms with Gasteiger partial charge < -0.3 is 14.4 Å². The molecule has 1 saturated heterocycles. The number of aromatic nitrogens is 2. The van der Waals surface area contributed by atoms with Crippen LogP contribution in [0.15, 0.2) is 41.8 Å². The van der Waals surface area contributed by atoms with Gasteiger partial charge in [-0.1, -0.05) is 11.8 Å². The monoisotopic (exact) mass is 381 g/mol. The molecule has 1 atom stereocenters. The van der Waals surface area contributed by atoms with Gasteiger partial charge in [0.05, 0.1) is 18.9 Å². The second kappa shape index (κ2) is 8.91. The standard InChI is InChI=1S/C17H17F2N3O3S/c18-12-2-3-14(19)15(8-12)25-10-13-9-22(6-7-24-13)16(23)11-26-17-20-4-1-5-21-17/h1-5,8,13H,6-7,9-11H2. The number of rotatable bonds is 6. The van der Waals surface area contributed by atoms with Crippen LogP contribution in [0.4, 0.5) is 8.78 Å². The number of hydrogen-bond acceptors (Lipinski definition) is 6. The molecule has 0 radical (unpaired) electrons. The molecule has 2 heterocycles. The van der Waals surface area contributed by atoms with Crippen molar-refractivity contribution in [3.8, 4) is 5.75 Å². The van der Waals surface area contributed by atoms with Crippen molar-refractivity contribution in [1.29, 1.82) is 0 Å². The average Bonchev–Trinajstić information content (AvgIpc) is 2.68. The van der Waals surface area contributed by atoms with Gasteiger partial charge in [-0.2, -0.15) is 0 Å². The Morgan fingerprint density at radius 1 is 1.35 bits per heavy atom. The first-order valence-corrected chi connectivity index (χ1v) is 8.97. The number of carbonyl (C=O) groups is 1. The third-order valence-electron chi connectivity index (χ3n) is 3.68. The molecule has 138 valence electrons. The fourth-order valence-corrected chi connectivity index (χ4v) is 3.10. The lowest BCUT2D eigenvalue weighted by Crippen LogP contribution is -2.48. The molecule has 1 fully saturated rings. The summed E-state index contributed by atoms with van der Waals surface area (Å²) in [7, 11) is 0. The van der Waals surface area contributed by atoms with Crippen molar-refractivity contribution in [3.05, 3.63) is 48.3 Å². The van der Waals surface area contributed by atoms with Crippen LogP contribution in [-0.4, -0.2) is 58.9 Å². The summed E-state index contributed by atoms with van der Waals surface area (Å²) in [5.41, 5.74) is 0. The van der Waals surface area contributed by atoms with Gasteiger partial charge >= 0.3 is 0 Å². The van der Waals surface area contributed by atoms with Gasteiger partial charge in [-0.05, 0) is 18.2 Å². The summed E-state index contributed by atoms with van der Waals surface area (Å²) < 4.78 is 37.6. The number of hydrogen-bond donors (Lipinski definition) is 0. The highest BCUT2D eigenvalue weighted by Crippen LogP contribution is 2.19. The van der Waals surface area contributed by atoms with Crippen molar-refractivity contribution in [2.24, 2.45) is 0 Å². The van der Waals surface area contributed by atoms with Crippen LogP contribution in [0, 0.1) is 11.6 Å². The molecule has 6 nitrogen and oxygen atoms in total. The summed E-state index contributed by atoms with van der Waals surface area (Å²) in [4.78, 5) is 22.1. The molecule has 2 aromatic rings. The molecule has 1 aliphatic rings. The van der Waals surface area contributed by atoms with Crippen molar-refractivity contribution in [2.75, 3.05) is 32.1 Å². The van der Waals surface area contributed by atoms with Gasteiger partial charge in [0, 0.05) is 25.0 Å². The fourth-order valence-electron chi connectivity index (χ4n) is 2.39. The number of thioether (sulfide) groups is 1. The van der Waals surface area contributed by atoms with Crippen LogP contribution in [0.3, 0.4) is 0 Å². The number of halogens is 2. The molecule has 3 rings (SSSR count). The third-order valence-corrected chi connectivity index (χ3v) is 4.54. The molecule has 1 unspecified atom stereocenters. The van der Waals surface area contributed by atoms with Gasteiger partial charge in [0.2, 0.25) is 5.91 Å². The molecular weight excluding hydrogens is 364 g/mol. The van der Waals surface area contributed by atoms with Gasteiger partial charge in [0.1, 0.15) is 18.5 Å². The van der Waals surface area contributed by atoms with Gasteiger partial charge in [-0.25, -0.2) is 18.7 Å². The molecular formula is C17H17F2N3O3S. The lowest BCUT2D eigenvalue weighted by Gasteiger charge is -2.32. The number of morpholine rings is 1. The van der Waals surface area contributed by atoms with E-state index in [-0.39, 0.29) is 24.0 Å². The van der Waals surface area contributed by atoms with Crippen molar-refractivity contribution in [3.63, 3.8) is 0 Å². The van der Waals surface area contributed by atoms with Crippen LogP contribution >= 0.6 is 11.8 Å². The first-order chi connectivity index (χ1) is 12.6. The number of nitrogens with zero attached hydrogens (tertiary/aromatic N) is 3. The fraction of sp³-hybridized carbons (Fsp3) is 0.353. The maximum absolute atomic E-state index is 13.6. The van der Waals surface area contributed by atoms with Gasteiger partial charge in [0.15, 0.2) is 16.7 Å². The van der Waals surface area contributed by atoms with E-state index in [1.54, 1.807) is 23.4 Å². The Hall–Kier alpha value is -2.26. The summed E-state index contributed by atoms with van der Waals surface area (Å²) in [5, 5.41) is 0.538. The van der Waals surface area contributed by atoms with E-state index in [4.69, 9.17) is 9.47 Å². The van der Waals surface area contributed by atoms with Gasteiger partial charge in [0.25, 0.3) is 0 Å². The first-order valence-electron chi connectivity index (χ1n) is 7.99. The van der Waals surface area contributed by atoms with Crippen molar-refractivity contribution < 1.29 is 23.0 Å². The maximum Gasteiger partial charge on any atom is 0.233 e. The highest BCUT2D eigenvalue weighted by atomic mass is 32.2. The third kappa shape index (κ3) is 5.12. The Balaban J connectivity index is 1.49. The number of ether oxygens (including phenoxy) is 2. The summed E-state index contributed by atoms with van der Waals surface area (Å²) in [6.07, 6.45) is 2.83. The lowest BCUT2D eigenvalue weighted by atomic mass is 10.2. The highest BCUT2D eigenvalue weighted by Gasteiger charge is 2.25. The van der Waals surface area contributed by atoms with Crippen LogP contribution in [-0.2, 0) is 9.53 Å². The van der Waals surface area contributed by atoms with Crippen LogP contribution in [0.5, 0.6) is 5.75 Å². The first kappa shape index (κ1) is 18.5. The molecule has 0 N–H and O–H groups in total. The van der Waals surface area contributed by atoms with Crippen LogP contribution in [0.2, 0.25) is 0 Å². The van der Waals surface area contributed by atoms with E-state index in [0.717, 1.165) is 18.2 Å². The van der Waals surface area contributed by atoms with Crippen molar-refractivity contribution in [2.45, 2.75) is 11.3 Å². The Labute approximate surface area is 153 Å². The summed E-state index contributed by atoms with van der Waals surface area (Å²) in [6, 6.07) is 4.72. The van der Waals surface area contributed by atoms with Gasteiger partial charge in [-0.15, -0.1) is 0 Å². The summed E-state index contributed by atoms with van der Waals surface area (Å²) in [6.45, 7) is 1.18. The van der Waals surface area contributed by atoms with E-state index < -0.39 is 17.7 Å². The molecule has 0 saturated carbocycles. The quantitative estimate of drug-likeness (QED) is 0.564. The Morgan fingerprint density at radius 2 is 2.15 bits per heavy atom.